The fraction of sp³-hybridized carbons (Fsp3) is 0.432. The number of anilines is 1. The Balaban J connectivity index is 1.36. The summed E-state index contributed by atoms with van der Waals surface area (Å²) in [6.45, 7) is 10.0. The van der Waals surface area contributed by atoms with Crippen molar-refractivity contribution in [3.8, 4) is 6.01 Å². The number of aryl methyl sites for hydroxylation is 2. The van der Waals surface area contributed by atoms with Crippen LogP contribution in [0.15, 0.2) is 65.9 Å². The minimum Gasteiger partial charge on any atom is -0.467 e. The SMILES string of the molecule is CCCc1ccccc1C1Cc2nc(OC)nc(N3CCCN/C(=C\C(=C(/C)CC)c4nc5ccccc5n4C)C3)c2CN1C. The summed E-state index contributed by atoms with van der Waals surface area (Å²) in [5, 5.41) is 3.74. The monoisotopic (exact) mass is 605 g/mol. The van der Waals surface area contributed by atoms with E-state index in [0.717, 1.165) is 86.7 Å². The molecule has 0 aliphatic carbocycles. The molecule has 8 heteroatoms. The van der Waals surface area contributed by atoms with Gasteiger partial charge in [-0.25, -0.2) is 4.98 Å². The van der Waals surface area contributed by atoms with Crippen molar-refractivity contribution in [2.75, 3.05) is 38.7 Å². The molecule has 4 aromatic rings. The van der Waals surface area contributed by atoms with E-state index in [1.807, 2.05) is 0 Å². The Kier molecular flexibility index (Phi) is 9.21. The summed E-state index contributed by atoms with van der Waals surface area (Å²) in [6, 6.07) is 18.0. The van der Waals surface area contributed by atoms with Crippen LogP contribution in [0.2, 0.25) is 0 Å². The predicted octanol–water partition coefficient (Wildman–Crippen LogP) is 6.62. The number of likely N-dealkylation sites (N-methyl/N-ethyl adjacent to an activating group) is 1. The summed E-state index contributed by atoms with van der Waals surface area (Å²) in [4.78, 5) is 19.9. The first kappa shape index (κ1) is 30.8. The molecule has 236 valence electrons. The molecular weight excluding hydrogens is 558 g/mol. The lowest BCUT2D eigenvalue weighted by Crippen LogP contribution is -2.36. The summed E-state index contributed by atoms with van der Waals surface area (Å²) in [5.74, 6) is 1.98. The molecule has 6 rings (SSSR count). The lowest BCUT2D eigenvalue weighted by Gasteiger charge is -2.37. The third-order valence-electron chi connectivity index (χ3n) is 9.45. The highest BCUT2D eigenvalue weighted by Crippen LogP contribution is 2.38. The van der Waals surface area contributed by atoms with Crippen molar-refractivity contribution >= 4 is 22.4 Å². The van der Waals surface area contributed by atoms with Crippen molar-refractivity contribution in [1.82, 2.24) is 29.7 Å². The Hall–Kier alpha value is -4.17. The molecule has 2 aromatic carbocycles. The zero-order valence-electron chi connectivity index (χ0n) is 27.7. The van der Waals surface area contributed by atoms with E-state index in [9.17, 15) is 0 Å². The number of nitrogens with zero attached hydrogens (tertiary/aromatic N) is 6. The van der Waals surface area contributed by atoms with E-state index in [2.05, 4.69) is 109 Å². The Morgan fingerprint density at radius 1 is 1.02 bits per heavy atom. The van der Waals surface area contributed by atoms with Gasteiger partial charge >= 0.3 is 6.01 Å². The van der Waals surface area contributed by atoms with Crippen molar-refractivity contribution in [3.63, 3.8) is 0 Å². The van der Waals surface area contributed by atoms with E-state index in [4.69, 9.17) is 19.7 Å². The summed E-state index contributed by atoms with van der Waals surface area (Å²) in [5.41, 5.74) is 11.0. The van der Waals surface area contributed by atoms with Crippen molar-refractivity contribution < 1.29 is 4.74 Å². The molecule has 8 nitrogen and oxygen atoms in total. The zero-order chi connectivity index (χ0) is 31.5. The summed E-state index contributed by atoms with van der Waals surface area (Å²) >= 11 is 0. The number of nitrogens with one attached hydrogen (secondary N) is 1. The fourth-order valence-corrected chi connectivity index (χ4v) is 6.85. The zero-order valence-corrected chi connectivity index (χ0v) is 27.7. The van der Waals surface area contributed by atoms with E-state index in [-0.39, 0.29) is 6.04 Å². The number of methoxy groups -OCH3 is 1. The van der Waals surface area contributed by atoms with Crippen LogP contribution in [-0.4, -0.2) is 58.2 Å². The normalized spacial score (nSPS) is 18.8. The van der Waals surface area contributed by atoms with Crippen molar-refractivity contribution in [2.24, 2.45) is 7.05 Å². The molecule has 0 spiro atoms. The van der Waals surface area contributed by atoms with Gasteiger partial charge < -0.3 is 19.5 Å². The molecule has 1 atom stereocenters. The molecule has 0 saturated carbocycles. The van der Waals surface area contributed by atoms with Crippen LogP contribution in [0.3, 0.4) is 0 Å². The van der Waals surface area contributed by atoms with Gasteiger partial charge in [0, 0.05) is 56.0 Å². The number of rotatable bonds is 8. The number of para-hydroxylation sites is 2. The number of hydrogen-bond acceptors (Lipinski definition) is 7. The molecule has 0 radical (unpaired) electrons. The molecule has 2 aliphatic rings. The Morgan fingerprint density at radius 3 is 2.60 bits per heavy atom. The second-order valence-corrected chi connectivity index (χ2v) is 12.4. The van der Waals surface area contributed by atoms with Gasteiger partial charge in [-0.15, -0.1) is 0 Å². The lowest BCUT2D eigenvalue weighted by molar-refractivity contribution is 0.212. The third-order valence-corrected chi connectivity index (χ3v) is 9.45. The molecule has 1 unspecified atom stereocenters. The molecule has 1 N–H and O–H groups in total. The summed E-state index contributed by atoms with van der Waals surface area (Å²) in [7, 11) is 6.02. The molecule has 2 aromatic heterocycles. The van der Waals surface area contributed by atoms with Crippen LogP contribution in [0.5, 0.6) is 6.01 Å². The van der Waals surface area contributed by atoms with E-state index in [1.165, 1.54) is 33.5 Å². The van der Waals surface area contributed by atoms with Gasteiger partial charge in [-0.2, -0.15) is 9.97 Å². The van der Waals surface area contributed by atoms with Crippen molar-refractivity contribution in [3.05, 3.63) is 94.1 Å². The molecule has 2 aliphatic heterocycles. The molecule has 1 saturated heterocycles. The summed E-state index contributed by atoms with van der Waals surface area (Å²) in [6.07, 6.45) is 7.34. The minimum absolute atomic E-state index is 0.270. The van der Waals surface area contributed by atoms with Gasteiger partial charge in [-0.05, 0) is 62.6 Å². The molecule has 0 bridgehead atoms. The molecule has 1 fully saturated rings. The van der Waals surface area contributed by atoms with Crippen LogP contribution in [0.4, 0.5) is 5.82 Å². The first-order chi connectivity index (χ1) is 21.9. The minimum atomic E-state index is 0.270. The van der Waals surface area contributed by atoms with Crippen LogP contribution in [-0.2, 0) is 26.4 Å². The highest BCUT2D eigenvalue weighted by atomic mass is 16.5. The molecule has 45 heavy (non-hydrogen) atoms. The van der Waals surface area contributed by atoms with Crippen molar-refractivity contribution in [1.29, 1.82) is 0 Å². The average molecular weight is 606 g/mol. The first-order valence-electron chi connectivity index (χ1n) is 16.4. The Morgan fingerprint density at radius 2 is 1.82 bits per heavy atom. The second kappa shape index (κ2) is 13.4. The largest absolute Gasteiger partial charge is 0.467 e. The molecular formula is C37H47N7O. The van der Waals surface area contributed by atoms with Gasteiger partial charge in [0.15, 0.2) is 0 Å². The van der Waals surface area contributed by atoms with Gasteiger partial charge in [0.25, 0.3) is 0 Å². The van der Waals surface area contributed by atoms with Crippen LogP contribution in [0, 0.1) is 0 Å². The number of ether oxygens (including phenoxy) is 1. The van der Waals surface area contributed by atoms with Crippen LogP contribution in [0.25, 0.3) is 16.6 Å². The van der Waals surface area contributed by atoms with Crippen LogP contribution < -0.4 is 15.0 Å². The lowest BCUT2D eigenvalue weighted by atomic mass is 9.89. The fourth-order valence-electron chi connectivity index (χ4n) is 6.85. The predicted molar refractivity (Wildman–Crippen MR) is 183 cm³/mol. The topological polar surface area (TPSA) is 71.3 Å². The first-order valence-corrected chi connectivity index (χ1v) is 16.4. The third kappa shape index (κ3) is 6.21. The highest BCUT2D eigenvalue weighted by molar-refractivity contribution is 5.83. The highest BCUT2D eigenvalue weighted by Gasteiger charge is 2.32. The Bertz CT molecular complexity index is 1740. The van der Waals surface area contributed by atoms with Gasteiger partial charge in [-0.3, -0.25) is 4.90 Å². The van der Waals surface area contributed by atoms with Gasteiger partial charge in [0.05, 0.1) is 30.4 Å². The smallest absolute Gasteiger partial charge is 0.318 e. The molecule has 0 amide bonds. The standard InChI is InChI=1S/C37H47N7O/c1-7-14-26-15-9-10-16-28(26)34-22-32-30(24-42(34)4)36(41-37(40-32)45-6)44-20-13-19-38-27(23-44)21-29(25(3)8-2)35-39-31-17-11-12-18-33(31)43(35)5/h9-12,15-18,21,34,38H,7-8,13-14,19-20,22-24H2,1-6H3/b27-21-,29-25-. The number of benzene rings is 2. The summed E-state index contributed by atoms with van der Waals surface area (Å²) < 4.78 is 7.91. The van der Waals surface area contributed by atoms with E-state index < -0.39 is 0 Å². The maximum absolute atomic E-state index is 5.70. The van der Waals surface area contributed by atoms with E-state index in [1.54, 1.807) is 7.11 Å². The average Bonchev–Trinajstić information content (AvgIpc) is 3.22. The second-order valence-electron chi connectivity index (χ2n) is 12.4. The van der Waals surface area contributed by atoms with E-state index in [0.29, 0.717) is 6.01 Å². The molecule has 4 heterocycles. The number of hydrogen-bond donors (Lipinski definition) is 1. The number of imidazole rings is 1. The van der Waals surface area contributed by atoms with Gasteiger partial charge in [0.2, 0.25) is 0 Å². The maximum atomic E-state index is 5.70. The van der Waals surface area contributed by atoms with Crippen molar-refractivity contribution in [2.45, 2.75) is 65.5 Å². The Labute approximate surface area is 267 Å². The quantitative estimate of drug-likeness (QED) is 0.242. The van der Waals surface area contributed by atoms with Gasteiger partial charge in [0.1, 0.15) is 11.6 Å². The van der Waals surface area contributed by atoms with Crippen LogP contribution >= 0.6 is 0 Å². The number of aromatic nitrogens is 4. The number of fused-ring (bicyclic) bond motifs is 2. The number of allylic oxidation sites excluding steroid dienone is 3. The van der Waals surface area contributed by atoms with Gasteiger partial charge in [-0.1, -0.05) is 62.2 Å². The van der Waals surface area contributed by atoms with E-state index >= 15 is 0 Å². The van der Waals surface area contributed by atoms with Crippen LogP contribution in [0.1, 0.15) is 74.3 Å². The maximum Gasteiger partial charge on any atom is 0.318 e.